The quantitative estimate of drug-likeness (QED) is 0.802. The molecule has 1 aromatic rings. The number of nitrogens with two attached hydrogens (primary N) is 1. The van der Waals surface area contributed by atoms with Gasteiger partial charge in [-0.15, -0.1) is 0 Å². The number of hydrogen-bond donors (Lipinski definition) is 2. The van der Waals surface area contributed by atoms with Gasteiger partial charge >= 0.3 is 0 Å². The molecule has 0 radical (unpaired) electrons. The summed E-state index contributed by atoms with van der Waals surface area (Å²) < 4.78 is 4.94. The van der Waals surface area contributed by atoms with Gasteiger partial charge in [0.1, 0.15) is 0 Å². The fourth-order valence-corrected chi connectivity index (χ4v) is 1.74. The second-order valence-corrected chi connectivity index (χ2v) is 4.58. The van der Waals surface area contributed by atoms with Gasteiger partial charge in [0.05, 0.1) is 6.61 Å². The van der Waals surface area contributed by atoms with Crippen molar-refractivity contribution in [2.24, 2.45) is 5.73 Å². The van der Waals surface area contributed by atoms with Crippen LogP contribution in [-0.2, 0) is 4.74 Å². The van der Waals surface area contributed by atoms with Gasteiger partial charge in [0, 0.05) is 25.3 Å². The maximum Gasteiger partial charge on any atom is 0.251 e. The Balaban J connectivity index is 2.48. The Morgan fingerprint density at radius 3 is 2.83 bits per heavy atom. The summed E-state index contributed by atoms with van der Waals surface area (Å²) in [5.74, 6) is -0.0409. The van der Waals surface area contributed by atoms with E-state index in [0.717, 1.165) is 16.7 Å². The van der Waals surface area contributed by atoms with Crippen LogP contribution < -0.4 is 11.1 Å². The van der Waals surface area contributed by atoms with E-state index in [1.165, 1.54) is 0 Å². The molecule has 3 N–H and O–H groups in total. The van der Waals surface area contributed by atoms with E-state index in [9.17, 15) is 4.79 Å². The van der Waals surface area contributed by atoms with Gasteiger partial charge in [-0.2, -0.15) is 0 Å². The molecule has 0 fully saturated rings. The van der Waals surface area contributed by atoms with E-state index in [1.807, 2.05) is 32.0 Å². The molecule has 100 valence electrons. The lowest BCUT2D eigenvalue weighted by Gasteiger charge is -2.12. The van der Waals surface area contributed by atoms with Crippen molar-refractivity contribution in [1.29, 1.82) is 0 Å². The van der Waals surface area contributed by atoms with Crippen molar-refractivity contribution >= 4 is 5.91 Å². The molecule has 0 saturated carbocycles. The molecule has 0 heterocycles. The highest BCUT2D eigenvalue weighted by Crippen LogP contribution is 2.10. The fourth-order valence-electron chi connectivity index (χ4n) is 1.74. The number of aryl methyl sites for hydroxylation is 2. The summed E-state index contributed by atoms with van der Waals surface area (Å²) in [7, 11) is 1.62. The topological polar surface area (TPSA) is 64.3 Å². The summed E-state index contributed by atoms with van der Waals surface area (Å²) in [6.45, 7) is 4.99. The molecule has 18 heavy (non-hydrogen) atoms. The zero-order valence-electron chi connectivity index (χ0n) is 11.3. The molecule has 0 aliphatic carbocycles. The molecule has 1 atom stereocenters. The van der Waals surface area contributed by atoms with Crippen LogP contribution in [0.5, 0.6) is 0 Å². The van der Waals surface area contributed by atoms with Crippen molar-refractivity contribution in [1.82, 2.24) is 5.32 Å². The van der Waals surface area contributed by atoms with E-state index in [0.29, 0.717) is 19.6 Å². The van der Waals surface area contributed by atoms with Gasteiger partial charge < -0.3 is 15.8 Å². The lowest BCUT2D eigenvalue weighted by molar-refractivity contribution is 0.0949. The Morgan fingerprint density at radius 1 is 1.44 bits per heavy atom. The van der Waals surface area contributed by atoms with Gasteiger partial charge in [-0.25, -0.2) is 0 Å². The van der Waals surface area contributed by atoms with E-state index < -0.39 is 0 Å². The number of carbonyl (C=O) groups is 1. The minimum Gasteiger partial charge on any atom is -0.383 e. The van der Waals surface area contributed by atoms with Crippen LogP contribution >= 0.6 is 0 Å². The molecule has 0 saturated heterocycles. The standard InChI is InChI=1S/C14H22N2O2/c1-10-4-5-11(2)13(8-10)14(17)16-7-6-12(15)9-18-3/h4-5,8,12H,6-7,9,15H2,1-3H3,(H,16,17). The van der Waals surface area contributed by atoms with Crippen molar-refractivity contribution in [3.8, 4) is 0 Å². The van der Waals surface area contributed by atoms with E-state index in [2.05, 4.69) is 5.32 Å². The minimum absolute atomic E-state index is 0.0334. The second kappa shape index (κ2) is 7.13. The number of methoxy groups -OCH3 is 1. The van der Waals surface area contributed by atoms with Crippen LogP contribution in [0.3, 0.4) is 0 Å². The molecule has 0 aromatic heterocycles. The summed E-state index contributed by atoms with van der Waals surface area (Å²) in [4.78, 5) is 12.0. The van der Waals surface area contributed by atoms with E-state index >= 15 is 0 Å². The Bertz CT molecular complexity index is 405. The number of amides is 1. The monoisotopic (exact) mass is 250 g/mol. The Hall–Kier alpha value is -1.39. The van der Waals surface area contributed by atoms with E-state index in [1.54, 1.807) is 7.11 Å². The molecular formula is C14H22N2O2. The Kier molecular flexibility index (Phi) is 5.82. The summed E-state index contributed by atoms with van der Waals surface area (Å²) in [5.41, 5.74) is 8.59. The van der Waals surface area contributed by atoms with E-state index in [4.69, 9.17) is 10.5 Å². The lowest BCUT2D eigenvalue weighted by Crippen LogP contribution is -2.33. The highest BCUT2D eigenvalue weighted by Gasteiger charge is 2.09. The van der Waals surface area contributed by atoms with Gasteiger partial charge in [-0.1, -0.05) is 17.7 Å². The number of nitrogens with one attached hydrogen (secondary N) is 1. The van der Waals surface area contributed by atoms with Gasteiger partial charge in [-0.05, 0) is 31.9 Å². The third-order valence-electron chi connectivity index (χ3n) is 2.82. The van der Waals surface area contributed by atoms with Crippen LogP contribution in [0.2, 0.25) is 0 Å². The fraction of sp³-hybridized carbons (Fsp3) is 0.500. The maximum atomic E-state index is 12.0. The largest absolute Gasteiger partial charge is 0.383 e. The lowest BCUT2D eigenvalue weighted by atomic mass is 10.1. The van der Waals surface area contributed by atoms with Crippen LogP contribution in [0.4, 0.5) is 0 Å². The molecule has 1 aromatic carbocycles. The highest BCUT2D eigenvalue weighted by atomic mass is 16.5. The van der Waals surface area contributed by atoms with E-state index in [-0.39, 0.29) is 11.9 Å². The number of ether oxygens (including phenoxy) is 1. The first-order chi connectivity index (χ1) is 8.54. The molecule has 1 rings (SSSR count). The van der Waals surface area contributed by atoms with Gasteiger partial charge in [0.15, 0.2) is 0 Å². The summed E-state index contributed by atoms with van der Waals surface area (Å²) >= 11 is 0. The highest BCUT2D eigenvalue weighted by molar-refractivity contribution is 5.95. The first-order valence-electron chi connectivity index (χ1n) is 6.14. The Morgan fingerprint density at radius 2 is 2.17 bits per heavy atom. The van der Waals surface area contributed by atoms with Crippen molar-refractivity contribution in [2.75, 3.05) is 20.3 Å². The summed E-state index contributed by atoms with van der Waals surface area (Å²) in [5, 5.41) is 2.88. The third kappa shape index (κ3) is 4.47. The normalized spacial score (nSPS) is 12.2. The van der Waals surface area contributed by atoms with Crippen LogP contribution in [0.25, 0.3) is 0 Å². The number of carbonyl (C=O) groups excluding carboxylic acids is 1. The summed E-state index contributed by atoms with van der Waals surface area (Å²) in [6.07, 6.45) is 0.713. The molecular weight excluding hydrogens is 228 g/mol. The number of hydrogen-bond acceptors (Lipinski definition) is 3. The van der Waals surface area contributed by atoms with Crippen LogP contribution in [0.1, 0.15) is 27.9 Å². The predicted octanol–water partition coefficient (Wildman–Crippen LogP) is 1.40. The average molecular weight is 250 g/mol. The van der Waals surface area contributed by atoms with Crippen molar-refractivity contribution in [3.63, 3.8) is 0 Å². The van der Waals surface area contributed by atoms with Crippen LogP contribution in [-0.4, -0.2) is 32.2 Å². The predicted molar refractivity (Wildman–Crippen MR) is 72.7 cm³/mol. The zero-order valence-corrected chi connectivity index (χ0v) is 11.3. The molecule has 4 heteroatoms. The molecule has 0 bridgehead atoms. The first-order valence-corrected chi connectivity index (χ1v) is 6.14. The van der Waals surface area contributed by atoms with Crippen molar-refractivity contribution < 1.29 is 9.53 Å². The molecule has 0 aliphatic heterocycles. The number of benzene rings is 1. The Labute approximate surface area is 109 Å². The van der Waals surface area contributed by atoms with Crippen LogP contribution in [0, 0.1) is 13.8 Å². The maximum absolute atomic E-state index is 12.0. The molecule has 0 spiro atoms. The smallest absolute Gasteiger partial charge is 0.251 e. The molecule has 4 nitrogen and oxygen atoms in total. The van der Waals surface area contributed by atoms with Gasteiger partial charge in [-0.3, -0.25) is 4.79 Å². The van der Waals surface area contributed by atoms with Gasteiger partial charge in [0.2, 0.25) is 0 Å². The van der Waals surface area contributed by atoms with Crippen molar-refractivity contribution in [2.45, 2.75) is 26.3 Å². The number of rotatable bonds is 6. The third-order valence-corrected chi connectivity index (χ3v) is 2.82. The first kappa shape index (κ1) is 14.7. The molecule has 1 amide bonds. The SMILES string of the molecule is COCC(N)CCNC(=O)c1cc(C)ccc1C. The second-order valence-electron chi connectivity index (χ2n) is 4.58. The minimum atomic E-state index is -0.0409. The van der Waals surface area contributed by atoms with Crippen LogP contribution in [0.15, 0.2) is 18.2 Å². The van der Waals surface area contributed by atoms with Crippen molar-refractivity contribution in [3.05, 3.63) is 34.9 Å². The van der Waals surface area contributed by atoms with Gasteiger partial charge in [0.25, 0.3) is 5.91 Å². The molecule has 0 aliphatic rings. The molecule has 1 unspecified atom stereocenters. The average Bonchev–Trinajstić information content (AvgIpc) is 2.32. The zero-order chi connectivity index (χ0) is 13.5. The summed E-state index contributed by atoms with van der Waals surface area (Å²) in [6, 6.07) is 5.83.